The number of hydrogen-bond acceptors (Lipinski definition) is 2. The fourth-order valence-corrected chi connectivity index (χ4v) is 3.29. The van der Waals surface area contributed by atoms with Gasteiger partial charge < -0.3 is 10.2 Å². The first-order valence-corrected chi connectivity index (χ1v) is 8.06. The van der Waals surface area contributed by atoms with Crippen LogP contribution in [0.2, 0.25) is 0 Å². The molecule has 0 fully saturated rings. The first-order chi connectivity index (χ1) is 11.6. The molecular weight excluding hydrogens is 272 g/mol. The lowest BCUT2D eigenvalue weighted by atomic mass is 9.73. The molecule has 1 aliphatic rings. The smallest absolute Gasteiger partial charge is 0.123 e. The van der Waals surface area contributed by atoms with Crippen LogP contribution in [0.1, 0.15) is 67.5 Å². The van der Waals surface area contributed by atoms with E-state index in [1.807, 2.05) is 6.92 Å². The summed E-state index contributed by atoms with van der Waals surface area (Å²) in [6.45, 7) is 5.88. The van der Waals surface area contributed by atoms with E-state index in [-0.39, 0.29) is 23.3 Å². The second kappa shape index (κ2) is 7.04. The van der Waals surface area contributed by atoms with E-state index in [9.17, 15) is 10.2 Å². The molecule has 1 aliphatic carbocycles. The summed E-state index contributed by atoms with van der Waals surface area (Å²) < 4.78 is 23.1. The number of unbranched alkanes of at least 4 members (excludes halogenated alkanes) is 1. The summed E-state index contributed by atoms with van der Waals surface area (Å²) in [5, 5.41) is 21.1. The van der Waals surface area contributed by atoms with Crippen molar-refractivity contribution < 1.29 is 14.3 Å². The third-order valence-electron chi connectivity index (χ3n) is 4.52. The zero-order chi connectivity index (χ0) is 18.8. The average molecular weight is 303 g/mol. The van der Waals surface area contributed by atoms with E-state index in [0.717, 1.165) is 30.4 Å². The molecule has 22 heavy (non-hydrogen) atoms. The molecule has 2 rings (SSSR count). The van der Waals surface area contributed by atoms with Gasteiger partial charge in [0, 0.05) is 15.6 Å². The SMILES string of the molecule is [2H]C([2H])([2H])C1=C[C@H](c2c(O)cc(CCCC)cc2O)[C@@H](C(=C)C)CC1. The Balaban J connectivity index is 2.49. The van der Waals surface area contributed by atoms with E-state index in [1.54, 1.807) is 18.2 Å². The average Bonchev–Trinajstić information content (AvgIpc) is 2.51. The normalized spacial score (nSPS) is 24.1. The lowest BCUT2D eigenvalue weighted by molar-refractivity contribution is 0.406. The maximum atomic E-state index is 10.6. The third kappa shape index (κ3) is 3.55. The van der Waals surface area contributed by atoms with Crippen molar-refractivity contribution in [1.82, 2.24) is 0 Å². The number of phenolic OH excluding ortho intramolecular Hbond substituents is 2. The Morgan fingerprint density at radius 3 is 2.59 bits per heavy atom. The van der Waals surface area contributed by atoms with E-state index < -0.39 is 6.85 Å². The zero-order valence-corrected chi connectivity index (χ0v) is 13.5. The number of aryl methyl sites for hydroxylation is 1. The van der Waals surface area contributed by atoms with Crippen molar-refractivity contribution in [3.05, 3.63) is 47.1 Å². The van der Waals surface area contributed by atoms with Gasteiger partial charge in [0.1, 0.15) is 11.5 Å². The van der Waals surface area contributed by atoms with Crippen LogP contribution in [0.4, 0.5) is 0 Å². The fourth-order valence-electron chi connectivity index (χ4n) is 3.29. The van der Waals surface area contributed by atoms with Crippen molar-refractivity contribution in [2.75, 3.05) is 0 Å². The maximum absolute atomic E-state index is 10.6. The molecular formula is C20H28O2. The van der Waals surface area contributed by atoms with Gasteiger partial charge in [-0.3, -0.25) is 0 Å². The number of phenols is 2. The largest absolute Gasteiger partial charge is 0.507 e. The molecule has 0 unspecified atom stereocenters. The highest BCUT2D eigenvalue weighted by atomic mass is 16.3. The molecule has 1 aromatic rings. The Kier molecular flexibility index (Phi) is 4.10. The van der Waals surface area contributed by atoms with Gasteiger partial charge in [-0.25, -0.2) is 0 Å². The molecule has 0 amide bonds. The highest BCUT2D eigenvalue weighted by molar-refractivity contribution is 5.51. The van der Waals surface area contributed by atoms with Crippen LogP contribution in [0.15, 0.2) is 35.9 Å². The van der Waals surface area contributed by atoms with Gasteiger partial charge in [-0.15, -0.1) is 0 Å². The van der Waals surface area contributed by atoms with Crippen molar-refractivity contribution in [2.24, 2.45) is 5.92 Å². The van der Waals surface area contributed by atoms with Crippen LogP contribution >= 0.6 is 0 Å². The van der Waals surface area contributed by atoms with Gasteiger partial charge in [-0.1, -0.05) is 37.1 Å². The maximum Gasteiger partial charge on any atom is 0.123 e. The molecule has 0 saturated heterocycles. The lowest BCUT2D eigenvalue weighted by Gasteiger charge is -2.31. The molecule has 0 aromatic heterocycles. The summed E-state index contributed by atoms with van der Waals surface area (Å²) in [5.41, 5.74) is 2.63. The van der Waals surface area contributed by atoms with Gasteiger partial charge in [0.2, 0.25) is 0 Å². The quantitative estimate of drug-likeness (QED) is 0.709. The monoisotopic (exact) mass is 303 g/mol. The second-order valence-electron chi connectivity index (χ2n) is 6.36. The van der Waals surface area contributed by atoms with Gasteiger partial charge in [-0.2, -0.15) is 0 Å². The molecule has 1 aromatic carbocycles. The topological polar surface area (TPSA) is 40.5 Å². The molecule has 0 bridgehead atoms. The Hall–Kier alpha value is -1.70. The van der Waals surface area contributed by atoms with E-state index >= 15 is 0 Å². The molecule has 0 spiro atoms. The van der Waals surface area contributed by atoms with E-state index in [1.165, 1.54) is 0 Å². The molecule has 0 aliphatic heterocycles. The summed E-state index contributed by atoms with van der Waals surface area (Å²) in [5.74, 6) is -0.304. The molecule has 2 N–H and O–H groups in total. The van der Waals surface area contributed by atoms with Crippen LogP contribution in [-0.4, -0.2) is 10.2 Å². The second-order valence-corrected chi connectivity index (χ2v) is 6.36. The third-order valence-corrected chi connectivity index (χ3v) is 4.52. The summed E-state index contributed by atoms with van der Waals surface area (Å²) in [7, 11) is 0. The van der Waals surface area contributed by atoms with Crippen LogP contribution < -0.4 is 0 Å². The molecule has 2 atom stereocenters. The van der Waals surface area contributed by atoms with Gasteiger partial charge in [0.25, 0.3) is 0 Å². The predicted molar refractivity (Wildman–Crippen MR) is 92.4 cm³/mol. The van der Waals surface area contributed by atoms with Crippen molar-refractivity contribution in [1.29, 1.82) is 0 Å². The Labute approximate surface area is 138 Å². The summed E-state index contributed by atoms with van der Waals surface area (Å²) in [6.07, 6.45) is 5.66. The van der Waals surface area contributed by atoms with Crippen LogP contribution in [0.5, 0.6) is 11.5 Å². The standard InChI is InChI=1S/C20H28O2/c1-5-6-7-15-11-18(21)20(19(22)12-15)17-10-14(4)8-9-16(17)13(2)3/h10-12,16-17,21-22H,2,5-9H2,1,3-4H3/t16-,17+/m1/s1/i4D3. The minimum absolute atomic E-state index is 0.00407. The van der Waals surface area contributed by atoms with Gasteiger partial charge in [0.15, 0.2) is 0 Å². The highest BCUT2D eigenvalue weighted by Gasteiger charge is 2.29. The summed E-state index contributed by atoms with van der Waals surface area (Å²) in [6, 6.07) is 3.38. The minimum atomic E-state index is -2.15. The predicted octanol–water partition coefficient (Wildman–Crippen LogP) is 5.46. The number of aromatic hydroxyl groups is 2. The van der Waals surface area contributed by atoms with E-state index in [4.69, 9.17) is 4.11 Å². The van der Waals surface area contributed by atoms with E-state index in [2.05, 4.69) is 13.5 Å². The van der Waals surface area contributed by atoms with E-state index in [0.29, 0.717) is 24.0 Å². The lowest BCUT2D eigenvalue weighted by Crippen LogP contribution is -2.17. The number of allylic oxidation sites excluding steroid dienone is 3. The van der Waals surface area contributed by atoms with Gasteiger partial charge in [0.05, 0.1) is 0 Å². The number of hydrogen-bond donors (Lipinski definition) is 2. The van der Waals surface area contributed by atoms with Crippen LogP contribution in [0, 0.1) is 5.92 Å². The van der Waals surface area contributed by atoms with Crippen LogP contribution in [-0.2, 0) is 6.42 Å². The highest BCUT2D eigenvalue weighted by Crippen LogP contribution is 2.46. The zero-order valence-electron chi connectivity index (χ0n) is 16.5. The molecule has 0 saturated carbocycles. The van der Waals surface area contributed by atoms with Gasteiger partial charge >= 0.3 is 0 Å². The van der Waals surface area contributed by atoms with Crippen LogP contribution in [0.25, 0.3) is 0 Å². The molecule has 2 heteroatoms. The summed E-state index contributed by atoms with van der Waals surface area (Å²) >= 11 is 0. The summed E-state index contributed by atoms with van der Waals surface area (Å²) in [4.78, 5) is 0. The van der Waals surface area contributed by atoms with Crippen molar-refractivity contribution in [3.63, 3.8) is 0 Å². The first-order valence-electron chi connectivity index (χ1n) is 9.56. The first kappa shape index (κ1) is 12.8. The number of benzene rings is 1. The molecule has 0 radical (unpaired) electrons. The van der Waals surface area contributed by atoms with Crippen molar-refractivity contribution in [3.8, 4) is 11.5 Å². The Morgan fingerprint density at radius 2 is 2.05 bits per heavy atom. The van der Waals surface area contributed by atoms with Crippen LogP contribution in [0.3, 0.4) is 0 Å². The van der Waals surface area contributed by atoms with Gasteiger partial charge in [-0.05, 0) is 63.1 Å². The van der Waals surface area contributed by atoms with Crippen molar-refractivity contribution in [2.45, 2.75) is 58.7 Å². The molecule has 120 valence electrons. The van der Waals surface area contributed by atoms with Crippen molar-refractivity contribution >= 4 is 0 Å². The minimum Gasteiger partial charge on any atom is -0.507 e. The molecule has 2 nitrogen and oxygen atoms in total. The fraction of sp³-hybridized carbons (Fsp3) is 0.500. The Bertz CT molecular complexity index is 651. The molecule has 0 heterocycles. The number of rotatable bonds is 5. The Morgan fingerprint density at radius 1 is 1.36 bits per heavy atom.